The Bertz CT molecular complexity index is 907. The molecule has 5 heteroatoms. The van der Waals surface area contributed by atoms with Gasteiger partial charge in [0.2, 0.25) is 5.88 Å². The first kappa shape index (κ1) is 15.9. The molecule has 3 rings (SSSR count). The number of nitrogens with two attached hydrogens (primary N) is 1. The quantitative estimate of drug-likeness (QED) is 0.739. The Hall–Kier alpha value is -2.95. The number of pyridine rings is 1. The van der Waals surface area contributed by atoms with Crippen LogP contribution in [0, 0.1) is 6.92 Å². The molecule has 5 nitrogen and oxygen atoms in total. The SMILES string of the molecule is COc1cccc(-c2c(OC)cc(N)c3nc(OC)cc(C)c23)c1. The highest BCUT2D eigenvalue weighted by Crippen LogP contribution is 2.42. The van der Waals surface area contributed by atoms with Crippen molar-refractivity contribution >= 4 is 16.6 Å². The molecule has 0 bridgehead atoms. The zero-order valence-corrected chi connectivity index (χ0v) is 14.2. The summed E-state index contributed by atoms with van der Waals surface area (Å²) < 4.78 is 16.2. The minimum atomic E-state index is 0.536. The Morgan fingerprint density at radius 3 is 2.42 bits per heavy atom. The fourth-order valence-corrected chi connectivity index (χ4v) is 2.90. The van der Waals surface area contributed by atoms with Gasteiger partial charge in [0.25, 0.3) is 0 Å². The summed E-state index contributed by atoms with van der Waals surface area (Å²) in [6, 6.07) is 11.5. The van der Waals surface area contributed by atoms with Crippen molar-refractivity contribution in [3.05, 3.63) is 42.0 Å². The highest BCUT2D eigenvalue weighted by molar-refractivity contribution is 6.05. The number of rotatable bonds is 4. The number of hydrogen-bond donors (Lipinski definition) is 1. The Balaban J connectivity index is 2.42. The van der Waals surface area contributed by atoms with Crippen LogP contribution in [0.1, 0.15) is 5.56 Å². The largest absolute Gasteiger partial charge is 0.497 e. The Morgan fingerprint density at radius 2 is 1.75 bits per heavy atom. The molecule has 0 saturated carbocycles. The van der Waals surface area contributed by atoms with Gasteiger partial charge in [0.15, 0.2) is 0 Å². The number of nitrogen functional groups attached to an aromatic ring is 1. The van der Waals surface area contributed by atoms with E-state index >= 15 is 0 Å². The van der Waals surface area contributed by atoms with Gasteiger partial charge in [-0.05, 0) is 30.2 Å². The molecule has 1 heterocycles. The number of nitrogens with zero attached hydrogens (tertiary/aromatic N) is 1. The number of hydrogen-bond acceptors (Lipinski definition) is 5. The molecule has 0 amide bonds. The van der Waals surface area contributed by atoms with Gasteiger partial charge in [-0.2, -0.15) is 0 Å². The molecule has 3 aromatic rings. The fourth-order valence-electron chi connectivity index (χ4n) is 2.90. The van der Waals surface area contributed by atoms with Crippen LogP contribution in [0.2, 0.25) is 0 Å². The van der Waals surface area contributed by atoms with Gasteiger partial charge in [-0.15, -0.1) is 0 Å². The molecule has 0 aliphatic carbocycles. The molecule has 0 fully saturated rings. The summed E-state index contributed by atoms with van der Waals surface area (Å²) in [7, 11) is 4.88. The number of fused-ring (bicyclic) bond motifs is 1. The summed E-state index contributed by atoms with van der Waals surface area (Å²) in [4.78, 5) is 4.52. The Labute approximate surface area is 141 Å². The van der Waals surface area contributed by atoms with E-state index in [1.54, 1.807) is 27.4 Å². The second-order valence-corrected chi connectivity index (χ2v) is 5.48. The predicted octanol–water partition coefficient (Wildman–Crippen LogP) is 3.82. The molecular formula is C19H20N2O3. The summed E-state index contributed by atoms with van der Waals surface area (Å²) in [6.45, 7) is 2.01. The third kappa shape index (κ3) is 2.58. The normalized spacial score (nSPS) is 10.7. The lowest BCUT2D eigenvalue weighted by Crippen LogP contribution is -1.99. The lowest BCUT2D eigenvalue weighted by atomic mass is 9.95. The number of aromatic nitrogens is 1. The molecule has 2 aromatic carbocycles. The van der Waals surface area contributed by atoms with Crippen LogP contribution in [-0.4, -0.2) is 26.3 Å². The second kappa shape index (κ2) is 6.28. The fraction of sp³-hybridized carbons (Fsp3) is 0.211. The standard InChI is InChI=1S/C19H20N2O3/c1-11-8-16(24-4)21-19-14(20)10-15(23-3)18(17(11)19)12-6-5-7-13(9-12)22-2/h5-10H,20H2,1-4H3. The minimum Gasteiger partial charge on any atom is -0.497 e. The molecule has 0 radical (unpaired) electrons. The topological polar surface area (TPSA) is 66.6 Å². The molecule has 24 heavy (non-hydrogen) atoms. The maximum atomic E-state index is 6.21. The van der Waals surface area contributed by atoms with Gasteiger partial charge in [0, 0.05) is 23.1 Å². The van der Waals surface area contributed by atoms with Crippen LogP contribution in [0.5, 0.6) is 17.4 Å². The summed E-state index contributed by atoms with van der Waals surface area (Å²) in [5, 5.41) is 0.945. The Morgan fingerprint density at radius 1 is 0.958 bits per heavy atom. The van der Waals surface area contributed by atoms with E-state index in [4.69, 9.17) is 19.9 Å². The van der Waals surface area contributed by atoms with Crippen LogP contribution >= 0.6 is 0 Å². The van der Waals surface area contributed by atoms with Gasteiger partial charge in [0.05, 0.1) is 32.5 Å². The van der Waals surface area contributed by atoms with E-state index in [1.165, 1.54) is 0 Å². The van der Waals surface area contributed by atoms with E-state index in [1.807, 2.05) is 37.3 Å². The van der Waals surface area contributed by atoms with Gasteiger partial charge >= 0.3 is 0 Å². The van der Waals surface area contributed by atoms with Gasteiger partial charge in [-0.25, -0.2) is 4.98 Å². The summed E-state index contributed by atoms with van der Waals surface area (Å²) in [5.41, 5.74) is 10.4. The average molecular weight is 324 g/mol. The van der Waals surface area contributed by atoms with Crippen LogP contribution in [0.15, 0.2) is 36.4 Å². The van der Waals surface area contributed by atoms with Crippen molar-refractivity contribution in [3.63, 3.8) is 0 Å². The third-order valence-electron chi connectivity index (χ3n) is 4.04. The number of ether oxygens (including phenoxy) is 3. The van der Waals surface area contributed by atoms with Crippen LogP contribution in [-0.2, 0) is 0 Å². The Kier molecular flexibility index (Phi) is 4.16. The van der Waals surface area contributed by atoms with Gasteiger partial charge in [-0.3, -0.25) is 0 Å². The van der Waals surface area contributed by atoms with Gasteiger partial charge in [0.1, 0.15) is 11.5 Å². The molecular weight excluding hydrogens is 304 g/mol. The van der Waals surface area contributed by atoms with Crippen molar-refractivity contribution < 1.29 is 14.2 Å². The van der Waals surface area contributed by atoms with Gasteiger partial charge < -0.3 is 19.9 Å². The molecule has 2 N–H and O–H groups in total. The van der Waals surface area contributed by atoms with E-state index in [-0.39, 0.29) is 0 Å². The molecule has 0 aliphatic heterocycles. The molecule has 124 valence electrons. The van der Waals surface area contributed by atoms with E-state index in [0.29, 0.717) is 22.8 Å². The first-order chi connectivity index (χ1) is 11.6. The van der Waals surface area contributed by atoms with Crippen LogP contribution in [0.3, 0.4) is 0 Å². The third-order valence-corrected chi connectivity index (χ3v) is 4.04. The van der Waals surface area contributed by atoms with Crippen molar-refractivity contribution in [2.24, 2.45) is 0 Å². The number of benzene rings is 2. The summed E-state index contributed by atoms with van der Waals surface area (Å²) in [6.07, 6.45) is 0. The smallest absolute Gasteiger partial charge is 0.213 e. The van der Waals surface area contributed by atoms with Crippen LogP contribution in [0.4, 0.5) is 5.69 Å². The van der Waals surface area contributed by atoms with Crippen molar-refractivity contribution in [2.75, 3.05) is 27.1 Å². The summed E-state index contributed by atoms with van der Waals surface area (Å²) >= 11 is 0. The number of aryl methyl sites for hydroxylation is 1. The van der Waals surface area contributed by atoms with Crippen LogP contribution in [0.25, 0.3) is 22.0 Å². The highest BCUT2D eigenvalue weighted by Gasteiger charge is 2.18. The average Bonchev–Trinajstić information content (AvgIpc) is 2.61. The van der Waals surface area contributed by atoms with Crippen molar-refractivity contribution in [1.82, 2.24) is 4.98 Å². The van der Waals surface area contributed by atoms with Crippen molar-refractivity contribution in [3.8, 4) is 28.5 Å². The molecule has 1 aromatic heterocycles. The number of methoxy groups -OCH3 is 3. The maximum Gasteiger partial charge on any atom is 0.213 e. The number of anilines is 1. The van der Waals surface area contributed by atoms with Crippen molar-refractivity contribution in [2.45, 2.75) is 6.92 Å². The monoisotopic (exact) mass is 324 g/mol. The van der Waals surface area contributed by atoms with Crippen LogP contribution < -0.4 is 19.9 Å². The predicted molar refractivity (Wildman–Crippen MR) is 96.0 cm³/mol. The maximum absolute atomic E-state index is 6.21. The van der Waals surface area contributed by atoms with E-state index in [9.17, 15) is 0 Å². The minimum absolute atomic E-state index is 0.536. The van der Waals surface area contributed by atoms with E-state index in [0.717, 1.165) is 27.8 Å². The molecule has 0 aliphatic rings. The molecule has 0 atom stereocenters. The molecule has 0 saturated heterocycles. The zero-order valence-electron chi connectivity index (χ0n) is 14.2. The molecule has 0 unspecified atom stereocenters. The summed E-state index contributed by atoms with van der Waals surface area (Å²) in [5.74, 6) is 2.01. The van der Waals surface area contributed by atoms with E-state index in [2.05, 4.69) is 4.98 Å². The lowest BCUT2D eigenvalue weighted by molar-refractivity contribution is 0.399. The molecule has 0 spiro atoms. The highest BCUT2D eigenvalue weighted by atomic mass is 16.5. The first-order valence-electron chi connectivity index (χ1n) is 7.55. The van der Waals surface area contributed by atoms with E-state index < -0.39 is 0 Å². The zero-order chi connectivity index (χ0) is 17.3. The second-order valence-electron chi connectivity index (χ2n) is 5.48. The van der Waals surface area contributed by atoms with Gasteiger partial charge in [-0.1, -0.05) is 12.1 Å². The first-order valence-corrected chi connectivity index (χ1v) is 7.55. The lowest BCUT2D eigenvalue weighted by Gasteiger charge is -2.17. The van der Waals surface area contributed by atoms with Crippen molar-refractivity contribution in [1.29, 1.82) is 0 Å².